The van der Waals surface area contributed by atoms with Crippen LogP contribution >= 0.6 is 22.9 Å². The molecular weight excluding hydrogens is 554 g/mol. The molecule has 5 aromatic rings. The maximum Gasteiger partial charge on any atom is 0.243 e. The summed E-state index contributed by atoms with van der Waals surface area (Å²) < 4.78 is 29.9. The predicted octanol–water partition coefficient (Wildman–Crippen LogP) is 5.31. The number of anilines is 1. The third-order valence-electron chi connectivity index (χ3n) is 6.62. The standard InChI is InChI=1S/C27H22ClN7O2S2/c28-20-7-9-22(10-8-20)39(36,37)34-13-1-2-21(17-34)31-26-30-12-11-23(32-26)25-24(33-27-35(25)14-15-38-27)19-5-3-18(16-29)4-6-19/h3-12,14-15,21H,1-2,13,17H2,(H,30,31,32)/t21-/m1/s1. The van der Waals surface area contributed by atoms with Crippen molar-refractivity contribution in [2.75, 3.05) is 18.4 Å². The zero-order valence-electron chi connectivity index (χ0n) is 20.5. The molecule has 0 spiro atoms. The maximum absolute atomic E-state index is 13.2. The lowest BCUT2D eigenvalue weighted by Gasteiger charge is -2.32. The van der Waals surface area contributed by atoms with Crippen LogP contribution in [0.25, 0.3) is 27.6 Å². The quantitative estimate of drug-likeness (QED) is 0.291. The van der Waals surface area contributed by atoms with E-state index in [4.69, 9.17) is 21.6 Å². The number of thiazole rings is 1. The van der Waals surface area contributed by atoms with Crippen molar-refractivity contribution < 1.29 is 8.42 Å². The van der Waals surface area contributed by atoms with Gasteiger partial charge in [-0.2, -0.15) is 9.57 Å². The third kappa shape index (κ3) is 4.99. The van der Waals surface area contributed by atoms with E-state index in [9.17, 15) is 13.7 Å². The van der Waals surface area contributed by atoms with Crippen molar-refractivity contribution in [2.45, 2.75) is 23.8 Å². The molecule has 0 unspecified atom stereocenters. The molecule has 0 bridgehead atoms. The van der Waals surface area contributed by atoms with Gasteiger partial charge in [0, 0.05) is 47.5 Å². The Bertz CT molecular complexity index is 1790. The minimum absolute atomic E-state index is 0.152. The topological polar surface area (TPSA) is 116 Å². The maximum atomic E-state index is 13.2. The molecule has 9 nitrogen and oxygen atoms in total. The molecule has 0 saturated carbocycles. The number of hydrogen-bond donors (Lipinski definition) is 1. The van der Waals surface area contributed by atoms with Crippen molar-refractivity contribution in [1.82, 2.24) is 23.7 Å². The Morgan fingerprint density at radius 3 is 2.64 bits per heavy atom. The van der Waals surface area contributed by atoms with Gasteiger partial charge in [0.25, 0.3) is 0 Å². The van der Waals surface area contributed by atoms with Crippen molar-refractivity contribution in [3.8, 4) is 28.7 Å². The lowest BCUT2D eigenvalue weighted by Crippen LogP contribution is -2.45. The lowest BCUT2D eigenvalue weighted by molar-refractivity contribution is 0.326. The molecule has 1 atom stereocenters. The molecule has 12 heteroatoms. The molecule has 0 amide bonds. The van der Waals surface area contributed by atoms with Crippen molar-refractivity contribution in [1.29, 1.82) is 5.26 Å². The Morgan fingerprint density at radius 2 is 1.87 bits per heavy atom. The third-order valence-corrected chi connectivity index (χ3v) is 9.50. The highest BCUT2D eigenvalue weighted by Gasteiger charge is 2.30. The van der Waals surface area contributed by atoms with Crippen LogP contribution in [0, 0.1) is 11.3 Å². The summed E-state index contributed by atoms with van der Waals surface area (Å²) in [5.74, 6) is 0.416. The highest BCUT2D eigenvalue weighted by molar-refractivity contribution is 7.89. The highest BCUT2D eigenvalue weighted by Crippen LogP contribution is 2.34. The van der Waals surface area contributed by atoms with Gasteiger partial charge in [-0.1, -0.05) is 23.7 Å². The van der Waals surface area contributed by atoms with Gasteiger partial charge < -0.3 is 5.32 Å². The number of nitrogens with one attached hydrogen (secondary N) is 1. The normalized spacial score (nSPS) is 16.3. The predicted molar refractivity (Wildman–Crippen MR) is 151 cm³/mol. The van der Waals surface area contributed by atoms with Gasteiger partial charge in [-0.25, -0.2) is 23.4 Å². The first-order valence-corrected chi connectivity index (χ1v) is 14.9. The van der Waals surface area contributed by atoms with E-state index in [1.165, 1.54) is 27.8 Å². The summed E-state index contributed by atoms with van der Waals surface area (Å²) in [5.41, 5.74) is 3.71. The Morgan fingerprint density at radius 1 is 1.08 bits per heavy atom. The Labute approximate surface area is 234 Å². The molecule has 1 fully saturated rings. The van der Waals surface area contributed by atoms with Gasteiger partial charge in [0.1, 0.15) is 5.69 Å². The van der Waals surface area contributed by atoms with Crippen molar-refractivity contribution >= 4 is 43.9 Å². The first-order valence-electron chi connectivity index (χ1n) is 12.2. The zero-order valence-corrected chi connectivity index (χ0v) is 22.9. The number of benzene rings is 2. The van der Waals surface area contributed by atoms with E-state index in [-0.39, 0.29) is 10.9 Å². The van der Waals surface area contributed by atoms with E-state index in [0.29, 0.717) is 41.7 Å². The molecule has 196 valence electrons. The number of fused-ring (bicyclic) bond motifs is 1. The smallest absolute Gasteiger partial charge is 0.243 e. The SMILES string of the molecule is N#Cc1ccc(-c2nc3sccn3c2-c2ccnc(N[C@@H]3CCCN(S(=O)(=O)c4ccc(Cl)cc4)C3)n2)cc1. The number of imidazole rings is 1. The van der Waals surface area contributed by atoms with Crippen molar-refractivity contribution in [2.24, 2.45) is 0 Å². The minimum Gasteiger partial charge on any atom is -0.350 e. The summed E-state index contributed by atoms with van der Waals surface area (Å²) in [4.78, 5) is 15.1. The molecule has 1 aliphatic heterocycles. The molecule has 0 radical (unpaired) electrons. The van der Waals surface area contributed by atoms with Gasteiger partial charge in [-0.05, 0) is 55.3 Å². The summed E-state index contributed by atoms with van der Waals surface area (Å²) in [7, 11) is -3.64. The second-order valence-electron chi connectivity index (χ2n) is 9.12. The van der Waals surface area contributed by atoms with Crippen LogP contribution in [0.4, 0.5) is 5.95 Å². The van der Waals surface area contributed by atoms with Crippen LogP contribution in [0.5, 0.6) is 0 Å². The van der Waals surface area contributed by atoms with Gasteiger partial charge >= 0.3 is 0 Å². The number of rotatable bonds is 6. The summed E-state index contributed by atoms with van der Waals surface area (Å²) in [6.45, 7) is 0.750. The summed E-state index contributed by atoms with van der Waals surface area (Å²) in [5, 5.41) is 15.0. The summed E-state index contributed by atoms with van der Waals surface area (Å²) in [6, 6.07) is 17.4. The van der Waals surface area contributed by atoms with E-state index >= 15 is 0 Å². The molecule has 39 heavy (non-hydrogen) atoms. The van der Waals surface area contributed by atoms with E-state index in [0.717, 1.165) is 28.3 Å². The molecule has 2 aromatic carbocycles. The van der Waals surface area contributed by atoms with Crippen LogP contribution in [0.15, 0.2) is 77.3 Å². The zero-order chi connectivity index (χ0) is 27.0. The van der Waals surface area contributed by atoms with Crippen LogP contribution in [0.2, 0.25) is 5.02 Å². The molecule has 3 aromatic heterocycles. The van der Waals surface area contributed by atoms with Crippen molar-refractivity contribution in [3.05, 3.63) is 83.0 Å². The summed E-state index contributed by atoms with van der Waals surface area (Å²) >= 11 is 7.47. The van der Waals surface area contributed by atoms with E-state index < -0.39 is 10.0 Å². The average molecular weight is 576 g/mol. The fourth-order valence-electron chi connectivity index (χ4n) is 4.71. The van der Waals surface area contributed by atoms with Gasteiger partial charge in [-0.3, -0.25) is 4.40 Å². The highest BCUT2D eigenvalue weighted by atomic mass is 35.5. The first kappa shape index (κ1) is 25.5. The second kappa shape index (κ2) is 10.4. The van der Waals surface area contributed by atoms with E-state index in [1.54, 1.807) is 30.5 Å². The number of nitrogens with zero attached hydrogens (tertiary/aromatic N) is 6. The number of piperidine rings is 1. The van der Waals surface area contributed by atoms with Crippen LogP contribution in [-0.4, -0.2) is 51.2 Å². The molecule has 4 heterocycles. The van der Waals surface area contributed by atoms with Crippen LogP contribution in [0.1, 0.15) is 18.4 Å². The van der Waals surface area contributed by atoms with Crippen LogP contribution in [0.3, 0.4) is 0 Å². The van der Waals surface area contributed by atoms with Gasteiger partial charge in [-0.15, -0.1) is 11.3 Å². The Balaban J connectivity index is 1.27. The minimum atomic E-state index is -3.64. The van der Waals surface area contributed by atoms with E-state index in [1.807, 2.05) is 34.2 Å². The summed E-state index contributed by atoms with van der Waals surface area (Å²) in [6.07, 6.45) is 5.14. The largest absolute Gasteiger partial charge is 0.350 e. The van der Waals surface area contributed by atoms with Crippen LogP contribution in [-0.2, 0) is 10.0 Å². The number of aromatic nitrogens is 4. The fraction of sp³-hybridized carbons (Fsp3) is 0.185. The van der Waals surface area contributed by atoms with Gasteiger partial charge in [0.15, 0.2) is 4.96 Å². The second-order valence-corrected chi connectivity index (χ2v) is 12.4. The monoisotopic (exact) mass is 575 g/mol. The fourth-order valence-corrected chi connectivity index (χ4v) is 7.08. The number of sulfonamides is 1. The molecule has 1 saturated heterocycles. The number of nitriles is 1. The number of halogens is 1. The number of hydrogen-bond acceptors (Lipinski definition) is 8. The Hall–Kier alpha value is -3.82. The van der Waals surface area contributed by atoms with Crippen molar-refractivity contribution in [3.63, 3.8) is 0 Å². The molecule has 0 aliphatic carbocycles. The average Bonchev–Trinajstić information content (AvgIpc) is 3.55. The molecule has 1 N–H and O–H groups in total. The molecular formula is C27H22ClN7O2S2. The Kier molecular flexibility index (Phi) is 6.78. The van der Waals surface area contributed by atoms with Gasteiger partial charge in [0.2, 0.25) is 16.0 Å². The van der Waals surface area contributed by atoms with Gasteiger partial charge in [0.05, 0.1) is 27.9 Å². The first-order chi connectivity index (χ1) is 18.9. The van der Waals surface area contributed by atoms with E-state index in [2.05, 4.69) is 16.4 Å². The molecule has 1 aliphatic rings. The van der Waals surface area contributed by atoms with Crippen LogP contribution < -0.4 is 5.32 Å². The molecule has 6 rings (SSSR count). The lowest BCUT2D eigenvalue weighted by atomic mass is 10.1.